The quantitative estimate of drug-likeness (QED) is 0.617. The van der Waals surface area contributed by atoms with E-state index in [4.69, 9.17) is 9.15 Å². The van der Waals surface area contributed by atoms with Crippen molar-refractivity contribution >= 4 is 11.0 Å². The molecule has 55 valence electrons. The van der Waals surface area contributed by atoms with E-state index in [9.17, 15) is 0 Å². The number of rotatable bonds is 1. The van der Waals surface area contributed by atoms with Crippen molar-refractivity contribution in [3.63, 3.8) is 0 Å². The van der Waals surface area contributed by atoms with Crippen molar-refractivity contribution in [2.75, 3.05) is 7.11 Å². The van der Waals surface area contributed by atoms with Gasteiger partial charge in [-0.2, -0.15) is 0 Å². The molecular weight excluding hydrogens is 140 g/mol. The fraction of sp³-hybridized carbons (Fsp3) is 0.111. The molecule has 2 aromatic rings. The van der Waals surface area contributed by atoms with Gasteiger partial charge >= 0.3 is 0 Å². The first-order valence-electron chi connectivity index (χ1n) is 3.33. The third-order valence-corrected chi connectivity index (χ3v) is 1.57. The molecule has 0 aliphatic rings. The molecule has 1 radical (unpaired) electrons. The highest BCUT2D eigenvalue weighted by molar-refractivity contribution is 5.77. The summed E-state index contributed by atoms with van der Waals surface area (Å²) in [6.07, 6.45) is 1.64. The molecule has 0 unspecified atom stereocenters. The van der Waals surface area contributed by atoms with Gasteiger partial charge in [0.25, 0.3) is 0 Å². The van der Waals surface area contributed by atoms with E-state index in [1.807, 2.05) is 12.1 Å². The second kappa shape index (κ2) is 2.31. The fourth-order valence-corrected chi connectivity index (χ4v) is 1.000. The lowest BCUT2D eigenvalue weighted by molar-refractivity contribution is 0.415. The SMILES string of the molecule is COc1c[c]c2occc2c1. The van der Waals surface area contributed by atoms with Crippen LogP contribution in [0.5, 0.6) is 5.75 Å². The Morgan fingerprint density at radius 1 is 1.55 bits per heavy atom. The standard InChI is InChI=1S/C9H7O2/c1-10-8-2-3-9-7(6-8)4-5-11-9/h2,4-6H,1H3. The molecule has 11 heavy (non-hydrogen) atoms. The van der Waals surface area contributed by atoms with Gasteiger partial charge in [0.2, 0.25) is 0 Å². The van der Waals surface area contributed by atoms with Crippen molar-refractivity contribution in [1.82, 2.24) is 0 Å². The summed E-state index contributed by atoms with van der Waals surface area (Å²) in [5.74, 6) is 0.805. The zero-order valence-corrected chi connectivity index (χ0v) is 6.13. The van der Waals surface area contributed by atoms with Crippen molar-refractivity contribution in [2.45, 2.75) is 0 Å². The number of furan rings is 1. The Labute approximate surface area is 64.4 Å². The van der Waals surface area contributed by atoms with Crippen molar-refractivity contribution in [3.8, 4) is 5.75 Å². The van der Waals surface area contributed by atoms with Gasteiger partial charge in [-0.1, -0.05) is 0 Å². The van der Waals surface area contributed by atoms with Crippen LogP contribution in [0.1, 0.15) is 0 Å². The van der Waals surface area contributed by atoms with Gasteiger partial charge in [0.1, 0.15) is 11.3 Å². The van der Waals surface area contributed by atoms with E-state index in [0.29, 0.717) is 0 Å². The summed E-state index contributed by atoms with van der Waals surface area (Å²) in [5, 5.41) is 1.02. The molecule has 0 aliphatic heterocycles. The maximum Gasteiger partial charge on any atom is 0.142 e. The molecule has 0 atom stereocenters. The van der Waals surface area contributed by atoms with Crippen molar-refractivity contribution < 1.29 is 9.15 Å². The molecule has 1 heterocycles. The monoisotopic (exact) mass is 147 g/mol. The average molecular weight is 147 g/mol. The number of hydrogen-bond acceptors (Lipinski definition) is 2. The summed E-state index contributed by atoms with van der Waals surface area (Å²) in [6.45, 7) is 0. The van der Waals surface area contributed by atoms with E-state index >= 15 is 0 Å². The summed E-state index contributed by atoms with van der Waals surface area (Å²) >= 11 is 0. The first-order chi connectivity index (χ1) is 5.40. The molecule has 1 aromatic carbocycles. The van der Waals surface area contributed by atoms with Gasteiger partial charge in [-0.3, -0.25) is 0 Å². The first kappa shape index (κ1) is 6.28. The van der Waals surface area contributed by atoms with Crippen LogP contribution in [0, 0.1) is 6.07 Å². The van der Waals surface area contributed by atoms with Gasteiger partial charge in [-0.15, -0.1) is 0 Å². The number of hydrogen-bond donors (Lipinski definition) is 0. The maximum absolute atomic E-state index is 5.11. The van der Waals surface area contributed by atoms with E-state index in [-0.39, 0.29) is 0 Å². The Hall–Kier alpha value is -1.44. The summed E-state index contributed by atoms with van der Waals surface area (Å²) in [5.41, 5.74) is 0.769. The van der Waals surface area contributed by atoms with Crippen LogP contribution in [-0.4, -0.2) is 7.11 Å². The largest absolute Gasteiger partial charge is 0.497 e. The van der Waals surface area contributed by atoms with Crippen LogP contribution >= 0.6 is 0 Å². The van der Waals surface area contributed by atoms with Crippen molar-refractivity contribution in [1.29, 1.82) is 0 Å². The minimum absolute atomic E-state index is 0.769. The molecule has 2 nitrogen and oxygen atoms in total. The van der Waals surface area contributed by atoms with Crippen LogP contribution in [0.2, 0.25) is 0 Å². The summed E-state index contributed by atoms with van der Waals surface area (Å²) < 4.78 is 10.1. The average Bonchev–Trinajstić information content (AvgIpc) is 2.50. The third kappa shape index (κ3) is 0.963. The lowest BCUT2D eigenvalue weighted by atomic mass is 10.2. The van der Waals surface area contributed by atoms with Gasteiger partial charge in [-0.25, -0.2) is 0 Å². The van der Waals surface area contributed by atoms with Crippen LogP contribution in [0.25, 0.3) is 11.0 Å². The minimum Gasteiger partial charge on any atom is -0.497 e. The molecule has 2 heteroatoms. The first-order valence-corrected chi connectivity index (χ1v) is 3.33. The van der Waals surface area contributed by atoms with Gasteiger partial charge < -0.3 is 9.15 Å². The van der Waals surface area contributed by atoms with Gasteiger partial charge in [0.15, 0.2) is 0 Å². The van der Waals surface area contributed by atoms with Gasteiger partial charge in [0.05, 0.1) is 13.4 Å². The number of benzene rings is 1. The number of methoxy groups -OCH3 is 1. The molecule has 0 N–H and O–H groups in total. The second-order valence-electron chi connectivity index (χ2n) is 2.24. The minimum atomic E-state index is 0.769. The Kier molecular flexibility index (Phi) is 1.32. The van der Waals surface area contributed by atoms with E-state index in [1.165, 1.54) is 0 Å². The van der Waals surface area contributed by atoms with E-state index in [0.717, 1.165) is 16.7 Å². The lowest BCUT2D eigenvalue weighted by Gasteiger charge is -1.96. The van der Waals surface area contributed by atoms with Crippen molar-refractivity contribution in [2.24, 2.45) is 0 Å². The molecule has 2 rings (SSSR count). The Balaban J connectivity index is 2.67. The van der Waals surface area contributed by atoms with Crippen LogP contribution in [0.3, 0.4) is 0 Å². The zero-order valence-electron chi connectivity index (χ0n) is 6.13. The Morgan fingerprint density at radius 2 is 2.45 bits per heavy atom. The molecule has 0 spiro atoms. The topological polar surface area (TPSA) is 22.4 Å². The summed E-state index contributed by atoms with van der Waals surface area (Å²) in [4.78, 5) is 0. The second-order valence-corrected chi connectivity index (χ2v) is 2.24. The van der Waals surface area contributed by atoms with Crippen LogP contribution < -0.4 is 4.74 Å². The molecule has 0 bridgehead atoms. The molecule has 0 aliphatic carbocycles. The van der Waals surface area contributed by atoms with E-state index < -0.39 is 0 Å². The normalized spacial score (nSPS) is 10.3. The number of ether oxygens (including phenoxy) is 1. The molecule has 0 saturated heterocycles. The Morgan fingerprint density at radius 3 is 3.27 bits per heavy atom. The highest BCUT2D eigenvalue weighted by Gasteiger charge is 1.97. The van der Waals surface area contributed by atoms with Crippen LogP contribution in [-0.2, 0) is 0 Å². The molecule has 0 saturated carbocycles. The summed E-state index contributed by atoms with van der Waals surface area (Å²) in [6, 6.07) is 8.51. The third-order valence-electron chi connectivity index (χ3n) is 1.57. The Bertz CT molecular complexity index is 362. The molecule has 0 amide bonds. The van der Waals surface area contributed by atoms with Crippen LogP contribution in [0.15, 0.2) is 28.9 Å². The fourth-order valence-electron chi connectivity index (χ4n) is 1.000. The van der Waals surface area contributed by atoms with Gasteiger partial charge in [-0.05, 0) is 18.2 Å². The smallest absolute Gasteiger partial charge is 0.142 e. The van der Waals surface area contributed by atoms with Gasteiger partial charge in [0, 0.05) is 11.5 Å². The predicted molar refractivity (Wildman–Crippen MR) is 41.6 cm³/mol. The van der Waals surface area contributed by atoms with E-state index in [1.54, 1.807) is 19.4 Å². The molecule has 1 aromatic heterocycles. The molecular formula is C9H7O2. The molecule has 0 fully saturated rings. The zero-order chi connectivity index (χ0) is 7.68. The highest BCUT2D eigenvalue weighted by Crippen LogP contribution is 2.20. The lowest BCUT2D eigenvalue weighted by Crippen LogP contribution is -1.80. The van der Waals surface area contributed by atoms with E-state index in [2.05, 4.69) is 6.07 Å². The van der Waals surface area contributed by atoms with Crippen LogP contribution in [0.4, 0.5) is 0 Å². The predicted octanol–water partition coefficient (Wildman–Crippen LogP) is 2.24. The van der Waals surface area contributed by atoms with Crippen molar-refractivity contribution in [3.05, 3.63) is 30.5 Å². The highest BCUT2D eigenvalue weighted by atomic mass is 16.5. The number of fused-ring (bicyclic) bond motifs is 1. The maximum atomic E-state index is 5.11. The summed E-state index contributed by atoms with van der Waals surface area (Å²) in [7, 11) is 1.63.